The summed E-state index contributed by atoms with van der Waals surface area (Å²) >= 11 is 0. The van der Waals surface area contributed by atoms with E-state index in [0.717, 1.165) is 17.5 Å². The van der Waals surface area contributed by atoms with Crippen molar-refractivity contribution in [3.05, 3.63) is 71.8 Å². The number of rotatable bonds is 6. The van der Waals surface area contributed by atoms with Crippen molar-refractivity contribution in [2.45, 2.75) is 63.7 Å². The predicted molar refractivity (Wildman–Crippen MR) is 135 cm³/mol. The molecule has 2 aliphatic heterocycles. The lowest BCUT2D eigenvalue weighted by molar-refractivity contribution is -0.145. The summed E-state index contributed by atoms with van der Waals surface area (Å²) in [6, 6.07) is 17.9. The van der Waals surface area contributed by atoms with Gasteiger partial charge in [-0.05, 0) is 36.3 Å². The van der Waals surface area contributed by atoms with Gasteiger partial charge in [0, 0.05) is 25.6 Å². The lowest BCUT2D eigenvalue weighted by Gasteiger charge is -2.38. The van der Waals surface area contributed by atoms with Crippen molar-refractivity contribution in [2.75, 3.05) is 13.1 Å². The SMILES string of the molecule is CC(C)CC(=O)N1CC[C@H]2CC[C@@H](C(=O)NC(c3ccccc3)c3ccccc3)N2C(=O)[C@@H](N)C1. The molecule has 3 N–H and O–H groups in total. The van der Waals surface area contributed by atoms with Gasteiger partial charge in [-0.2, -0.15) is 0 Å². The van der Waals surface area contributed by atoms with E-state index in [2.05, 4.69) is 5.32 Å². The molecule has 0 aromatic heterocycles. The Hall–Kier alpha value is -3.19. The zero-order valence-corrected chi connectivity index (χ0v) is 20.6. The van der Waals surface area contributed by atoms with Gasteiger partial charge >= 0.3 is 0 Å². The Labute approximate surface area is 207 Å². The van der Waals surface area contributed by atoms with E-state index in [-0.39, 0.29) is 42.3 Å². The van der Waals surface area contributed by atoms with Crippen molar-refractivity contribution in [1.29, 1.82) is 0 Å². The second-order valence-corrected chi connectivity index (χ2v) is 10.1. The van der Waals surface area contributed by atoms with Crippen LogP contribution in [-0.4, -0.2) is 58.7 Å². The van der Waals surface area contributed by atoms with Crippen LogP contribution in [0, 0.1) is 5.92 Å². The monoisotopic (exact) mass is 476 g/mol. The number of carbonyl (C=O) groups excluding carboxylic acids is 3. The number of carbonyl (C=O) groups is 3. The molecule has 0 radical (unpaired) electrons. The summed E-state index contributed by atoms with van der Waals surface area (Å²) in [5, 5.41) is 3.21. The molecule has 4 rings (SSSR count). The maximum atomic E-state index is 13.6. The van der Waals surface area contributed by atoms with Gasteiger partial charge in [0.15, 0.2) is 0 Å². The molecule has 35 heavy (non-hydrogen) atoms. The summed E-state index contributed by atoms with van der Waals surface area (Å²) < 4.78 is 0. The Morgan fingerprint density at radius 2 is 1.57 bits per heavy atom. The number of fused-ring (bicyclic) bond motifs is 1. The molecule has 2 fully saturated rings. The first kappa shape index (κ1) is 24.9. The summed E-state index contributed by atoms with van der Waals surface area (Å²) in [5.41, 5.74) is 8.26. The number of benzene rings is 2. The minimum Gasteiger partial charge on any atom is -0.343 e. The quantitative estimate of drug-likeness (QED) is 0.670. The zero-order chi connectivity index (χ0) is 24.9. The van der Waals surface area contributed by atoms with Crippen molar-refractivity contribution in [1.82, 2.24) is 15.1 Å². The minimum absolute atomic E-state index is 0.0394. The maximum Gasteiger partial charge on any atom is 0.243 e. The van der Waals surface area contributed by atoms with Crippen LogP contribution in [0.1, 0.15) is 56.7 Å². The van der Waals surface area contributed by atoms with Crippen molar-refractivity contribution >= 4 is 17.7 Å². The Balaban J connectivity index is 1.51. The second kappa shape index (κ2) is 11.0. The summed E-state index contributed by atoms with van der Waals surface area (Å²) in [6.45, 7) is 4.76. The van der Waals surface area contributed by atoms with Crippen molar-refractivity contribution in [3.63, 3.8) is 0 Å². The molecule has 0 unspecified atom stereocenters. The fourth-order valence-corrected chi connectivity index (χ4v) is 5.25. The van der Waals surface area contributed by atoms with Crippen LogP contribution in [-0.2, 0) is 14.4 Å². The van der Waals surface area contributed by atoms with Crippen molar-refractivity contribution in [3.8, 4) is 0 Å². The van der Waals surface area contributed by atoms with Gasteiger partial charge in [-0.1, -0.05) is 74.5 Å². The van der Waals surface area contributed by atoms with Crippen LogP contribution >= 0.6 is 0 Å². The maximum absolute atomic E-state index is 13.6. The van der Waals surface area contributed by atoms with Crippen LogP contribution < -0.4 is 11.1 Å². The molecule has 0 bridgehead atoms. The number of hydrogen-bond acceptors (Lipinski definition) is 4. The highest BCUT2D eigenvalue weighted by atomic mass is 16.2. The molecule has 0 aliphatic carbocycles. The highest BCUT2D eigenvalue weighted by Gasteiger charge is 2.44. The predicted octanol–water partition coefficient (Wildman–Crippen LogP) is 2.86. The van der Waals surface area contributed by atoms with Crippen LogP contribution in [0.3, 0.4) is 0 Å². The highest BCUT2D eigenvalue weighted by Crippen LogP contribution is 2.31. The lowest BCUT2D eigenvalue weighted by atomic mass is 9.98. The second-order valence-electron chi connectivity index (χ2n) is 10.1. The van der Waals surface area contributed by atoms with E-state index in [1.165, 1.54) is 0 Å². The highest BCUT2D eigenvalue weighted by molar-refractivity contribution is 5.91. The molecule has 3 atom stereocenters. The average molecular weight is 477 g/mol. The number of nitrogens with zero attached hydrogens (tertiary/aromatic N) is 2. The first-order valence-corrected chi connectivity index (χ1v) is 12.6. The molecule has 7 nitrogen and oxygen atoms in total. The Bertz CT molecular complexity index is 988. The van der Waals surface area contributed by atoms with Gasteiger partial charge in [0.25, 0.3) is 0 Å². The van der Waals surface area contributed by atoms with E-state index >= 15 is 0 Å². The molecule has 2 heterocycles. The van der Waals surface area contributed by atoms with E-state index in [1.54, 1.807) is 9.80 Å². The number of hydrogen-bond donors (Lipinski definition) is 2. The average Bonchev–Trinajstić information content (AvgIpc) is 3.27. The third kappa shape index (κ3) is 5.73. The van der Waals surface area contributed by atoms with Crippen LogP contribution in [0.5, 0.6) is 0 Å². The van der Waals surface area contributed by atoms with E-state index in [0.29, 0.717) is 25.8 Å². The zero-order valence-electron chi connectivity index (χ0n) is 20.6. The van der Waals surface area contributed by atoms with Crippen LogP contribution in [0.25, 0.3) is 0 Å². The Kier molecular flexibility index (Phi) is 7.86. The molecule has 186 valence electrons. The van der Waals surface area contributed by atoms with Crippen molar-refractivity contribution in [2.24, 2.45) is 11.7 Å². The number of nitrogens with two attached hydrogens (primary N) is 1. The van der Waals surface area contributed by atoms with Gasteiger partial charge in [-0.3, -0.25) is 14.4 Å². The largest absolute Gasteiger partial charge is 0.343 e. The first-order chi connectivity index (χ1) is 16.8. The summed E-state index contributed by atoms with van der Waals surface area (Å²) in [7, 11) is 0. The fourth-order valence-electron chi connectivity index (χ4n) is 5.25. The third-order valence-electron chi connectivity index (χ3n) is 7.01. The topological polar surface area (TPSA) is 95.7 Å². The van der Waals surface area contributed by atoms with E-state index in [9.17, 15) is 14.4 Å². The fraction of sp³-hybridized carbons (Fsp3) is 0.464. The molecule has 0 saturated carbocycles. The molecule has 2 saturated heterocycles. The molecule has 2 aromatic rings. The smallest absolute Gasteiger partial charge is 0.243 e. The van der Waals surface area contributed by atoms with E-state index in [4.69, 9.17) is 5.73 Å². The summed E-state index contributed by atoms with van der Waals surface area (Å²) in [5.74, 6) is -0.125. The summed E-state index contributed by atoms with van der Waals surface area (Å²) in [4.78, 5) is 43.1. The lowest BCUT2D eigenvalue weighted by Crippen LogP contribution is -2.59. The molecular weight excluding hydrogens is 440 g/mol. The number of nitrogens with one attached hydrogen (secondary N) is 1. The normalized spacial score (nSPS) is 22.7. The molecule has 3 amide bonds. The van der Waals surface area contributed by atoms with Gasteiger partial charge in [0.1, 0.15) is 12.1 Å². The van der Waals surface area contributed by atoms with Crippen LogP contribution in [0.2, 0.25) is 0 Å². The molecule has 2 aromatic carbocycles. The Morgan fingerprint density at radius 3 is 2.14 bits per heavy atom. The first-order valence-electron chi connectivity index (χ1n) is 12.6. The van der Waals surface area contributed by atoms with Crippen LogP contribution in [0.15, 0.2) is 60.7 Å². The van der Waals surface area contributed by atoms with E-state index in [1.807, 2.05) is 74.5 Å². The van der Waals surface area contributed by atoms with Crippen LogP contribution in [0.4, 0.5) is 0 Å². The summed E-state index contributed by atoms with van der Waals surface area (Å²) in [6.07, 6.45) is 2.42. The Morgan fingerprint density at radius 1 is 0.971 bits per heavy atom. The van der Waals surface area contributed by atoms with Crippen molar-refractivity contribution < 1.29 is 14.4 Å². The third-order valence-corrected chi connectivity index (χ3v) is 7.01. The van der Waals surface area contributed by atoms with Gasteiger partial charge in [0.05, 0.1) is 6.04 Å². The van der Waals surface area contributed by atoms with Gasteiger partial charge < -0.3 is 20.9 Å². The molecular formula is C28H36N4O3. The minimum atomic E-state index is -0.832. The molecule has 0 spiro atoms. The standard InChI is InChI=1S/C28H36N4O3/c1-19(2)17-25(33)31-16-15-22-13-14-24(32(22)28(35)23(29)18-31)27(34)30-26(20-9-5-3-6-10-20)21-11-7-4-8-12-21/h3-12,19,22-24,26H,13-18,29H2,1-2H3,(H,30,34)/t22-,23+,24+/m1/s1. The molecule has 2 aliphatic rings. The number of amides is 3. The van der Waals surface area contributed by atoms with Gasteiger partial charge in [-0.25, -0.2) is 0 Å². The molecule has 7 heteroatoms. The van der Waals surface area contributed by atoms with Gasteiger partial charge in [-0.15, -0.1) is 0 Å². The van der Waals surface area contributed by atoms with E-state index < -0.39 is 12.1 Å². The van der Waals surface area contributed by atoms with Gasteiger partial charge in [0.2, 0.25) is 17.7 Å².